The number of amides is 1. The van der Waals surface area contributed by atoms with Crippen LogP contribution in [0.1, 0.15) is 29.8 Å². The van der Waals surface area contributed by atoms with Crippen molar-refractivity contribution in [2.45, 2.75) is 20.3 Å². The Morgan fingerprint density at radius 2 is 2.03 bits per heavy atom. The molecule has 9 heteroatoms. The number of carbonyl (C=O) groups excluding carboxylic acids is 1. The van der Waals surface area contributed by atoms with E-state index in [0.29, 0.717) is 31.3 Å². The molecule has 1 saturated heterocycles. The van der Waals surface area contributed by atoms with Gasteiger partial charge in [0.25, 0.3) is 5.91 Å². The molecule has 0 spiro atoms. The van der Waals surface area contributed by atoms with Crippen molar-refractivity contribution in [3.63, 3.8) is 0 Å². The maximum absolute atomic E-state index is 12.9. The van der Waals surface area contributed by atoms with Crippen LogP contribution in [-0.2, 0) is 11.2 Å². The van der Waals surface area contributed by atoms with Crippen molar-refractivity contribution in [1.29, 1.82) is 0 Å². The lowest BCUT2D eigenvalue weighted by Gasteiger charge is -2.28. The number of aromatic nitrogens is 3. The van der Waals surface area contributed by atoms with Crippen LogP contribution in [0.5, 0.6) is 0 Å². The number of likely N-dealkylation sites (N-methyl/N-ethyl adjacent to an activating group) is 1. The van der Waals surface area contributed by atoms with Gasteiger partial charge in [0.2, 0.25) is 5.95 Å². The van der Waals surface area contributed by atoms with Crippen molar-refractivity contribution in [1.82, 2.24) is 25.2 Å². The Bertz CT molecular complexity index is 1210. The molecule has 3 aromatic rings. The summed E-state index contributed by atoms with van der Waals surface area (Å²) in [7, 11) is 0. The van der Waals surface area contributed by atoms with E-state index in [4.69, 9.17) is 14.7 Å². The van der Waals surface area contributed by atoms with Crippen LogP contribution in [0, 0.1) is 12.1 Å². The number of rotatable bonds is 9. The molecule has 5 rings (SSSR count). The molecule has 0 unspecified atom stereocenters. The Morgan fingerprint density at radius 1 is 1.19 bits per heavy atom. The average Bonchev–Trinajstić information content (AvgIpc) is 3.40. The maximum atomic E-state index is 12.9. The molecule has 2 aliphatic rings. The van der Waals surface area contributed by atoms with E-state index in [1.165, 1.54) is 0 Å². The molecule has 1 amide bonds. The van der Waals surface area contributed by atoms with E-state index >= 15 is 0 Å². The predicted octanol–water partition coefficient (Wildman–Crippen LogP) is 2.74. The van der Waals surface area contributed by atoms with Crippen LogP contribution in [0.4, 0.5) is 17.5 Å². The van der Waals surface area contributed by atoms with E-state index in [1.807, 2.05) is 30.5 Å². The zero-order chi connectivity index (χ0) is 25.6. The molecule has 37 heavy (non-hydrogen) atoms. The monoisotopic (exact) mass is 499 g/mol. The first-order valence-electron chi connectivity index (χ1n) is 13.0. The summed E-state index contributed by atoms with van der Waals surface area (Å²) in [5, 5.41) is 3.02. The van der Waals surface area contributed by atoms with Gasteiger partial charge in [-0.25, -0.2) is 4.98 Å². The Morgan fingerprint density at radius 3 is 2.78 bits per heavy atom. The van der Waals surface area contributed by atoms with Gasteiger partial charge in [0.05, 0.1) is 36.4 Å². The predicted molar refractivity (Wildman–Crippen MR) is 143 cm³/mol. The number of ether oxygens (including phenoxy) is 1. The van der Waals surface area contributed by atoms with Gasteiger partial charge in [-0.3, -0.25) is 9.78 Å². The first-order chi connectivity index (χ1) is 18.2. The summed E-state index contributed by atoms with van der Waals surface area (Å²) in [5.74, 6) is 1.41. The van der Waals surface area contributed by atoms with Crippen LogP contribution < -0.4 is 15.1 Å². The molecule has 0 radical (unpaired) electrons. The van der Waals surface area contributed by atoms with E-state index in [-0.39, 0.29) is 5.91 Å². The molecule has 4 heterocycles. The van der Waals surface area contributed by atoms with E-state index in [9.17, 15) is 4.79 Å². The number of hydrogen-bond donors (Lipinski definition) is 1. The van der Waals surface area contributed by atoms with Crippen LogP contribution >= 0.6 is 0 Å². The van der Waals surface area contributed by atoms with Gasteiger partial charge >= 0.3 is 0 Å². The molecule has 0 saturated carbocycles. The molecule has 0 aliphatic carbocycles. The number of morpholine rings is 1. The SMILES string of the molecule is CCN(CC)CCNC(=O)c1c#ccc(-c2nc(N3CCOCC3)nc3c2CCN3c2cccnc2)c1. The standard InChI is InChI=1S/C28H33N7O2/c1-3-33(4-2)14-12-30-27(36)22-8-5-7-21(19-22)25-24-10-13-35(23-9-6-11-29-20-23)26(24)32-28(31-25)34-15-17-37-18-16-34/h6-7,9,11,19-20H,3-4,10,12-18H2,1-2H3,(H,30,36). The third-order valence-corrected chi connectivity index (χ3v) is 6.93. The molecule has 2 aromatic heterocycles. The highest BCUT2D eigenvalue weighted by Gasteiger charge is 2.29. The highest BCUT2D eigenvalue weighted by atomic mass is 16.5. The molecule has 1 N–H and O–H groups in total. The highest BCUT2D eigenvalue weighted by Crippen LogP contribution is 2.39. The maximum Gasteiger partial charge on any atom is 0.259 e. The van der Waals surface area contributed by atoms with Crippen LogP contribution in [0.25, 0.3) is 11.3 Å². The van der Waals surface area contributed by atoms with E-state index in [0.717, 1.165) is 74.0 Å². The van der Waals surface area contributed by atoms with Crippen LogP contribution in [-0.4, -0.2) is 84.8 Å². The van der Waals surface area contributed by atoms with Crippen molar-refractivity contribution >= 4 is 23.4 Å². The molecule has 2 aliphatic heterocycles. The minimum Gasteiger partial charge on any atom is -0.378 e. The highest BCUT2D eigenvalue weighted by molar-refractivity contribution is 5.94. The number of nitrogens with one attached hydrogen (secondary N) is 1. The van der Waals surface area contributed by atoms with Crippen molar-refractivity contribution in [3.05, 3.63) is 59.9 Å². The summed E-state index contributed by atoms with van der Waals surface area (Å²) in [6, 6.07) is 13.7. The zero-order valence-electron chi connectivity index (χ0n) is 21.5. The fraction of sp³-hybridized carbons (Fsp3) is 0.429. The van der Waals surface area contributed by atoms with E-state index in [2.05, 4.69) is 51.0 Å². The average molecular weight is 500 g/mol. The van der Waals surface area contributed by atoms with E-state index < -0.39 is 0 Å². The van der Waals surface area contributed by atoms with Gasteiger partial charge < -0.3 is 24.8 Å². The second kappa shape index (κ2) is 11.5. The van der Waals surface area contributed by atoms with Gasteiger partial charge in [-0.15, -0.1) is 0 Å². The van der Waals surface area contributed by atoms with Crippen molar-refractivity contribution in [2.75, 3.05) is 68.8 Å². The third kappa shape index (κ3) is 5.50. The smallest absolute Gasteiger partial charge is 0.259 e. The normalized spacial score (nSPS) is 15.0. The Labute approximate surface area is 218 Å². The topological polar surface area (TPSA) is 86.7 Å². The molecular weight excluding hydrogens is 466 g/mol. The number of carbonyl (C=O) groups is 1. The fourth-order valence-electron chi connectivity index (χ4n) is 4.80. The van der Waals surface area contributed by atoms with Crippen molar-refractivity contribution in [2.24, 2.45) is 0 Å². The lowest BCUT2D eigenvalue weighted by atomic mass is 10.0. The first kappa shape index (κ1) is 24.9. The summed E-state index contributed by atoms with van der Waals surface area (Å²) in [6.07, 6.45) is 4.43. The Kier molecular flexibility index (Phi) is 7.78. The van der Waals surface area contributed by atoms with Gasteiger partial charge in [0, 0.05) is 50.0 Å². The summed E-state index contributed by atoms with van der Waals surface area (Å²) in [5.41, 5.74) is 4.20. The van der Waals surface area contributed by atoms with Crippen LogP contribution in [0.3, 0.4) is 0 Å². The number of anilines is 3. The molecule has 1 aromatic carbocycles. The second-order valence-corrected chi connectivity index (χ2v) is 9.10. The summed E-state index contributed by atoms with van der Waals surface area (Å²) >= 11 is 0. The molecule has 9 nitrogen and oxygen atoms in total. The molecule has 1 fully saturated rings. The second-order valence-electron chi connectivity index (χ2n) is 9.10. The minimum absolute atomic E-state index is 0.152. The zero-order valence-corrected chi connectivity index (χ0v) is 21.5. The van der Waals surface area contributed by atoms with Crippen LogP contribution in [0.2, 0.25) is 0 Å². The Hall–Kier alpha value is -3.74. The lowest BCUT2D eigenvalue weighted by molar-refractivity contribution is 0.0949. The molecule has 0 atom stereocenters. The van der Waals surface area contributed by atoms with Gasteiger partial charge in [0.1, 0.15) is 5.82 Å². The lowest BCUT2D eigenvalue weighted by Crippen LogP contribution is -2.37. The van der Waals surface area contributed by atoms with Crippen molar-refractivity contribution < 1.29 is 9.53 Å². The summed E-state index contributed by atoms with van der Waals surface area (Å²) in [6.45, 7) is 11.1. The third-order valence-electron chi connectivity index (χ3n) is 6.93. The molecular formula is C28H33N7O2. The molecule has 0 bridgehead atoms. The Balaban J connectivity index is 1.47. The van der Waals surface area contributed by atoms with Gasteiger partial charge in [-0.2, -0.15) is 4.98 Å². The molecule has 192 valence electrons. The number of fused-ring (bicyclic) bond motifs is 1. The van der Waals surface area contributed by atoms with Gasteiger partial charge in [-0.05, 0) is 43.8 Å². The minimum atomic E-state index is -0.152. The summed E-state index contributed by atoms with van der Waals surface area (Å²) < 4.78 is 5.55. The fourth-order valence-corrected chi connectivity index (χ4v) is 4.80. The number of pyridine rings is 1. The van der Waals surface area contributed by atoms with E-state index in [1.54, 1.807) is 6.20 Å². The number of hydrogen-bond acceptors (Lipinski definition) is 8. The largest absolute Gasteiger partial charge is 0.378 e. The van der Waals surface area contributed by atoms with Crippen LogP contribution in [0.15, 0.2) is 36.7 Å². The summed E-state index contributed by atoms with van der Waals surface area (Å²) in [4.78, 5) is 33.9. The first-order valence-corrected chi connectivity index (χ1v) is 13.0. The van der Waals surface area contributed by atoms with Gasteiger partial charge in [-0.1, -0.05) is 26.0 Å². The quantitative estimate of drug-likeness (QED) is 0.481. The number of nitrogens with zero attached hydrogens (tertiary/aromatic N) is 6. The van der Waals surface area contributed by atoms with Crippen molar-refractivity contribution in [3.8, 4) is 11.3 Å². The van der Waals surface area contributed by atoms with Gasteiger partial charge in [0.15, 0.2) is 0 Å².